The number of aliphatic hydroxyl groups excluding tert-OH is 1. The van der Waals surface area contributed by atoms with E-state index in [1.165, 1.54) is 6.26 Å². The Morgan fingerprint density at radius 3 is 2.47 bits per heavy atom. The molecular weight excluding hydrogens is 212 g/mol. The minimum atomic E-state index is -3.16. The maximum absolute atomic E-state index is 11.4. The van der Waals surface area contributed by atoms with Gasteiger partial charge in [0, 0.05) is 6.26 Å². The van der Waals surface area contributed by atoms with Crippen LogP contribution in [0.25, 0.3) is 0 Å². The van der Waals surface area contributed by atoms with Crippen molar-refractivity contribution in [3.8, 4) is 0 Å². The van der Waals surface area contributed by atoms with Gasteiger partial charge in [0.15, 0.2) is 9.84 Å². The second-order valence-corrected chi connectivity index (χ2v) is 5.75. The van der Waals surface area contributed by atoms with E-state index in [-0.39, 0.29) is 0 Å². The van der Waals surface area contributed by atoms with E-state index in [0.717, 1.165) is 5.56 Å². The van der Waals surface area contributed by atoms with E-state index >= 15 is 0 Å². The number of aryl methyl sites for hydroxylation is 1. The van der Waals surface area contributed by atoms with E-state index in [0.29, 0.717) is 17.7 Å². The van der Waals surface area contributed by atoms with Crippen molar-refractivity contribution in [2.75, 3.05) is 6.26 Å². The summed E-state index contributed by atoms with van der Waals surface area (Å²) in [6, 6.07) is 6.92. The summed E-state index contributed by atoms with van der Waals surface area (Å²) in [5, 5.41) is 9.16. The summed E-state index contributed by atoms with van der Waals surface area (Å²) in [6.45, 7) is 1.70. The first kappa shape index (κ1) is 12.2. The van der Waals surface area contributed by atoms with E-state index in [2.05, 4.69) is 0 Å². The third kappa shape index (κ3) is 3.64. The zero-order chi connectivity index (χ0) is 11.5. The Balaban J connectivity index is 2.98. The van der Waals surface area contributed by atoms with Gasteiger partial charge in [0.25, 0.3) is 0 Å². The predicted octanol–water partition coefficient (Wildman–Crippen LogP) is 1.40. The van der Waals surface area contributed by atoms with E-state index in [9.17, 15) is 8.42 Å². The monoisotopic (exact) mass is 228 g/mol. The van der Waals surface area contributed by atoms with Crippen molar-refractivity contribution < 1.29 is 13.5 Å². The normalized spacial score (nSPS) is 13.8. The third-order valence-electron chi connectivity index (χ3n) is 2.20. The molecule has 1 atom stereocenters. The van der Waals surface area contributed by atoms with Crippen molar-refractivity contribution in [1.29, 1.82) is 0 Å². The Morgan fingerprint density at radius 2 is 1.93 bits per heavy atom. The van der Waals surface area contributed by atoms with E-state index in [1.807, 2.05) is 6.07 Å². The Morgan fingerprint density at radius 1 is 1.33 bits per heavy atom. The van der Waals surface area contributed by atoms with Crippen LogP contribution in [0, 0.1) is 0 Å². The molecule has 0 heterocycles. The highest BCUT2D eigenvalue weighted by atomic mass is 32.2. The fraction of sp³-hybridized carbons (Fsp3) is 0.455. The number of sulfone groups is 1. The number of hydrogen-bond acceptors (Lipinski definition) is 3. The summed E-state index contributed by atoms with van der Waals surface area (Å²) in [5.41, 5.74) is 0.779. The summed E-state index contributed by atoms with van der Waals surface area (Å²) in [5.74, 6) is 0. The third-order valence-corrected chi connectivity index (χ3v) is 3.40. The molecule has 0 fully saturated rings. The molecule has 4 heteroatoms. The molecule has 84 valence electrons. The van der Waals surface area contributed by atoms with Crippen molar-refractivity contribution in [2.24, 2.45) is 0 Å². The number of aliphatic hydroxyl groups is 1. The minimum Gasteiger partial charge on any atom is -0.393 e. The van der Waals surface area contributed by atoms with Crippen molar-refractivity contribution in [3.05, 3.63) is 29.8 Å². The van der Waals surface area contributed by atoms with Gasteiger partial charge in [0.2, 0.25) is 0 Å². The average molecular weight is 228 g/mol. The van der Waals surface area contributed by atoms with Crippen LogP contribution >= 0.6 is 0 Å². The van der Waals surface area contributed by atoms with Crippen LogP contribution in [0.3, 0.4) is 0 Å². The first-order chi connectivity index (χ1) is 6.91. The van der Waals surface area contributed by atoms with Crippen molar-refractivity contribution in [1.82, 2.24) is 0 Å². The average Bonchev–Trinajstić information content (AvgIpc) is 2.13. The molecule has 0 bridgehead atoms. The van der Waals surface area contributed by atoms with Gasteiger partial charge in [-0.05, 0) is 31.4 Å². The maximum Gasteiger partial charge on any atom is 0.175 e. The first-order valence-electron chi connectivity index (χ1n) is 4.87. The molecular formula is C11H16O3S. The molecule has 1 aromatic carbocycles. The van der Waals surface area contributed by atoms with Crippen LogP contribution in [0.2, 0.25) is 0 Å². The Hall–Kier alpha value is -0.870. The fourth-order valence-corrected chi connectivity index (χ4v) is 2.41. The standard InChI is InChI=1S/C11H16O3S/c1-9(12)7-8-10-5-3-4-6-11(10)15(2,13)14/h3-6,9,12H,7-8H2,1-2H3/t9-/m1/s1. The van der Waals surface area contributed by atoms with Crippen LogP contribution in [0.5, 0.6) is 0 Å². The van der Waals surface area contributed by atoms with Crippen molar-refractivity contribution >= 4 is 9.84 Å². The molecule has 0 aliphatic rings. The van der Waals surface area contributed by atoms with E-state index in [4.69, 9.17) is 5.11 Å². The first-order valence-corrected chi connectivity index (χ1v) is 6.76. The molecule has 0 aromatic heterocycles. The second-order valence-electron chi connectivity index (χ2n) is 3.77. The number of benzene rings is 1. The molecule has 1 rings (SSSR count). The minimum absolute atomic E-state index is 0.366. The lowest BCUT2D eigenvalue weighted by Gasteiger charge is -2.08. The summed E-state index contributed by atoms with van der Waals surface area (Å²) < 4.78 is 22.9. The van der Waals surface area contributed by atoms with Gasteiger partial charge in [-0.3, -0.25) is 0 Å². The zero-order valence-electron chi connectivity index (χ0n) is 8.97. The molecule has 0 radical (unpaired) electrons. The van der Waals surface area contributed by atoms with Crippen LogP contribution < -0.4 is 0 Å². The molecule has 1 N–H and O–H groups in total. The molecule has 3 nitrogen and oxygen atoms in total. The largest absolute Gasteiger partial charge is 0.393 e. The smallest absolute Gasteiger partial charge is 0.175 e. The van der Waals surface area contributed by atoms with Crippen LogP contribution in [0.15, 0.2) is 29.2 Å². The Bertz CT molecular complexity index is 421. The van der Waals surface area contributed by atoms with Crippen molar-refractivity contribution in [2.45, 2.75) is 30.8 Å². The van der Waals surface area contributed by atoms with Gasteiger partial charge in [-0.25, -0.2) is 8.42 Å². The highest BCUT2D eigenvalue weighted by Gasteiger charge is 2.12. The molecule has 0 amide bonds. The lowest BCUT2D eigenvalue weighted by atomic mass is 10.1. The highest BCUT2D eigenvalue weighted by molar-refractivity contribution is 7.90. The SMILES string of the molecule is C[C@@H](O)CCc1ccccc1S(C)(=O)=O. The summed E-state index contributed by atoms with van der Waals surface area (Å²) in [6.07, 6.45) is 1.96. The van der Waals surface area contributed by atoms with Gasteiger partial charge < -0.3 is 5.11 Å². The summed E-state index contributed by atoms with van der Waals surface area (Å²) >= 11 is 0. The predicted molar refractivity (Wildman–Crippen MR) is 59.6 cm³/mol. The van der Waals surface area contributed by atoms with Gasteiger partial charge in [-0.1, -0.05) is 18.2 Å². The van der Waals surface area contributed by atoms with Crippen molar-refractivity contribution in [3.63, 3.8) is 0 Å². The molecule has 0 aliphatic heterocycles. The van der Waals surface area contributed by atoms with E-state index in [1.54, 1.807) is 25.1 Å². The summed E-state index contributed by atoms with van der Waals surface area (Å²) in [7, 11) is -3.16. The van der Waals surface area contributed by atoms with Crippen LogP contribution in [-0.4, -0.2) is 25.9 Å². The van der Waals surface area contributed by atoms with Crippen LogP contribution in [0.1, 0.15) is 18.9 Å². The molecule has 15 heavy (non-hydrogen) atoms. The van der Waals surface area contributed by atoms with Gasteiger partial charge in [0.1, 0.15) is 0 Å². The maximum atomic E-state index is 11.4. The second kappa shape index (κ2) is 4.77. The van der Waals surface area contributed by atoms with Gasteiger partial charge in [0.05, 0.1) is 11.0 Å². The van der Waals surface area contributed by atoms with Crippen LogP contribution in [-0.2, 0) is 16.3 Å². The lowest BCUT2D eigenvalue weighted by molar-refractivity contribution is 0.184. The quantitative estimate of drug-likeness (QED) is 0.847. The molecule has 1 aromatic rings. The molecule has 0 saturated carbocycles. The number of hydrogen-bond donors (Lipinski definition) is 1. The van der Waals surface area contributed by atoms with Crippen LogP contribution in [0.4, 0.5) is 0 Å². The lowest BCUT2D eigenvalue weighted by Crippen LogP contribution is -2.06. The Kier molecular flexibility index (Phi) is 3.88. The fourth-order valence-electron chi connectivity index (χ4n) is 1.44. The van der Waals surface area contributed by atoms with E-state index < -0.39 is 15.9 Å². The Labute approximate surface area is 90.7 Å². The topological polar surface area (TPSA) is 54.4 Å². The summed E-state index contributed by atoms with van der Waals surface area (Å²) in [4.78, 5) is 0.366. The van der Waals surface area contributed by atoms with Gasteiger partial charge in [-0.2, -0.15) is 0 Å². The van der Waals surface area contributed by atoms with Gasteiger partial charge >= 0.3 is 0 Å². The number of rotatable bonds is 4. The molecule has 0 saturated heterocycles. The van der Waals surface area contributed by atoms with Gasteiger partial charge in [-0.15, -0.1) is 0 Å². The molecule has 0 unspecified atom stereocenters. The highest BCUT2D eigenvalue weighted by Crippen LogP contribution is 2.17. The molecule has 0 spiro atoms. The zero-order valence-corrected chi connectivity index (χ0v) is 9.79. The molecule has 0 aliphatic carbocycles.